The first-order valence-corrected chi connectivity index (χ1v) is 5.89. The highest BCUT2D eigenvalue weighted by Gasteiger charge is 2.19. The second kappa shape index (κ2) is 4.97. The number of nitrogens with one attached hydrogen (secondary N) is 2. The van der Waals surface area contributed by atoms with Gasteiger partial charge in [0.05, 0.1) is 0 Å². The van der Waals surface area contributed by atoms with Gasteiger partial charge in [0, 0.05) is 25.7 Å². The van der Waals surface area contributed by atoms with Crippen molar-refractivity contribution in [2.45, 2.75) is 44.6 Å². The van der Waals surface area contributed by atoms with Crippen LogP contribution in [0, 0.1) is 5.92 Å². The van der Waals surface area contributed by atoms with E-state index in [-0.39, 0.29) is 0 Å². The van der Waals surface area contributed by atoms with Crippen molar-refractivity contribution < 1.29 is 0 Å². The topological polar surface area (TPSA) is 24.1 Å². The highest BCUT2D eigenvalue weighted by molar-refractivity contribution is 4.79. The summed E-state index contributed by atoms with van der Waals surface area (Å²) >= 11 is 0. The van der Waals surface area contributed by atoms with Gasteiger partial charge in [-0.25, -0.2) is 0 Å². The maximum absolute atomic E-state index is 3.60. The van der Waals surface area contributed by atoms with Gasteiger partial charge in [-0.3, -0.25) is 0 Å². The minimum absolute atomic E-state index is 0.761. The zero-order valence-electron chi connectivity index (χ0n) is 8.52. The van der Waals surface area contributed by atoms with Crippen LogP contribution in [-0.4, -0.2) is 25.7 Å². The second-order valence-electron chi connectivity index (χ2n) is 4.59. The molecular weight excluding hydrogens is 160 g/mol. The molecule has 0 unspecified atom stereocenters. The van der Waals surface area contributed by atoms with Gasteiger partial charge in [-0.05, 0) is 12.3 Å². The van der Waals surface area contributed by atoms with Gasteiger partial charge in [-0.15, -0.1) is 0 Å². The average molecular weight is 182 g/mol. The van der Waals surface area contributed by atoms with Gasteiger partial charge in [-0.2, -0.15) is 0 Å². The molecule has 2 rings (SSSR count). The summed E-state index contributed by atoms with van der Waals surface area (Å²) < 4.78 is 0. The van der Waals surface area contributed by atoms with E-state index in [9.17, 15) is 0 Å². The van der Waals surface area contributed by atoms with E-state index in [0.717, 1.165) is 25.0 Å². The Morgan fingerprint density at radius 2 is 1.85 bits per heavy atom. The Bertz CT molecular complexity index is 119. The molecule has 0 bridgehead atoms. The molecule has 1 heterocycles. The molecule has 0 aromatic carbocycles. The third kappa shape index (κ3) is 2.96. The van der Waals surface area contributed by atoms with Crippen molar-refractivity contribution in [1.82, 2.24) is 10.6 Å². The number of hydrogen-bond acceptors (Lipinski definition) is 2. The fraction of sp³-hybridized carbons (Fsp3) is 1.00. The lowest BCUT2D eigenvalue weighted by Crippen LogP contribution is -2.49. The van der Waals surface area contributed by atoms with E-state index in [1.54, 1.807) is 0 Å². The van der Waals surface area contributed by atoms with Gasteiger partial charge in [-0.1, -0.05) is 32.1 Å². The van der Waals surface area contributed by atoms with Gasteiger partial charge in [0.1, 0.15) is 0 Å². The molecule has 2 nitrogen and oxygen atoms in total. The standard InChI is InChI=1S/C11H22N2/c1-2-4-10(5-3-1)8-11-9-12-6-7-13-11/h10-13H,1-9H2/t11-/m1/s1. The van der Waals surface area contributed by atoms with Crippen LogP contribution in [0.2, 0.25) is 0 Å². The fourth-order valence-electron chi connectivity index (χ4n) is 2.71. The summed E-state index contributed by atoms with van der Waals surface area (Å²) in [4.78, 5) is 0. The summed E-state index contributed by atoms with van der Waals surface area (Å²) in [5, 5.41) is 7.07. The lowest BCUT2D eigenvalue weighted by Gasteiger charge is -2.30. The summed E-state index contributed by atoms with van der Waals surface area (Å²) in [6.45, 7) is 3.51. The molecule has 76 valence electrons. The van der Waals surface area contributed by atoms with Crippen LogP contribution in [0.25, 0.3) is 0 Å². The predicted octanol–water partition coefficient (Wildman–Crippen LogP) is 1.52. The molecule has 13 heavy (non-hydrogen) atoms. The highest BCUT2D eigenvalue weighted by atomic mass is 15.0. The first kappa shape index (κ1) is 9.47. The molecule has 1 atom stereocenters. The minimum atomic E-state index is 0.761. The molecule has 2 fully saturated rings. The van der Waals surface area contributed by atoms with Crippen molar-refractivity contribution in [3.8, 4) is 0 Å². The Hall–Kier alpha value is -0.0800. The summed E-state index contributed by atoms with van der Waals surface area (Å²) in [6.07, 6.45) is 8.81. The zero-order valence-corrected chi connectivity index (χ0v) is 8.52. The molecule has 0 aromatic rings. The van der Waals surface area contributed by atoms with Crippen molar-refractivity contribution in [1.29, 1.82) is 0 Å². The normalized spacial score (nSPS) is 31.8. The van der Waals surface area contributed by atoms with Crippen molar-refractivity contribution >= 4 is 0 Å². The lowest BCUT2D eigenvalue weighted by molar-refractivity contribution is 0.280. The first-order chi connectivity index (χ1) is 6.45. The third-order valence-corrected chi connectivity index (χ3v) is 3.47. The smallest absolute Gasteiger partial charge is 0.0195 e. The van der Waals surface area contributed by atoms with Gasteiger partial charge in [0.2, 0.25) is 0 Å². The van der Waals surface area contributed by atoms with E-state index < -0.39 is 0 Å². The maximum Gasteiger partial charge on any atom is 0.0195 e. The van der Waals surface area contributed by atoms with Crippen molar-refractivity contribution in [2.24, 2.45) is 5.92 Å². The number of piperazine rings is 1. The van der Waals surface area contributed by atoms with Gasteiger partial charge < -0.3 is 10.6 Å². The maximum atomic E-state index is 3.60. The van der Waals surface area contributed by atoms with Crippen LogP contribution in [0.15, 0.2) is 0 Å². The molecule has 1 saturated heterocycles. The Morgan fingerprint density at radius 1 is 1.00 bits per heavy atom. The highest BCUT2D eigenvalue weighted by Crippen LogP contribution is 2.27. The molecule has 1 aliphatic carbocycles. The van der Waals surface area contributed by atoms with Crippen LogP contribution < -0.4 is 10.6 Å². The van der Waals surface area contributed by atoms with E-state index in [4.69, 9.17) is 0 Å². The number of hydrogen-bond donors (Lipinski definition) is 2. The van der Waals surface area contributed by atoms with Crippen molar-refractivity contribution in [3.05, 3.63) is 0 Å². The Balaban J connectivity index is 1.69. The molecule has 1 saturated carbocycles. The van der Waals surface area contributed by atoms with Gasteiger partial charge in [0.25, 0.3) is 0 Å². The molecule has 1 aliphatic heterocycles. The van der Waals surface area contributed by atoms with Crippen LogP contribution in [0.5, 0.6) is 0 Å². The summed E-state index contributed by atoms with van der Waals surface area (Å²) in [5.74, 6) is 1.02. The van der Waals surface area contributed by atoms with Crippen LogP contribution in [-0.2, 0) is 0 Å². The molecule has 0 amide bonds. The first-order valence-electron chi connectivity index (χ1n) is 5.89. The van der Waals surface area contributed by atoms with E-state index >= 15 is 0 Å². The third-order valence-electron chi connectivity index (χ3n) is 3.47. The largest absolute Gasteiger partial charge is 0.314 e. The van der Waals surface area contributed by atoms with Crippen LogP contribution in [0.4, 0.5) is 0 Å². The van der Waals surface area contributed by atoms with Crippen LogP contribution in [0.1, 0.15) is 38.5 Å². The van der Waals surface area contributed by atoms with Crippen LogP contribution in [0.3, 0.4) is 0 Å². The molecule has 2 N–H and O–H groups in total. The predicted molar refractivity (Wildman–Crippen MR) is 55.9 cm³/mol. The molecule has 0 aromatic heterocycles. The molecular formula is C11H22N2. The molecule has 2 aliphatic rings. The summed E-state index contributed by atoms with van der Waals surface area (Å²) in [5.41, 5.74) is 0. The van der Waals surface area contributed by atoms with E-state index in [0.29, 0.717) is 0 Å². The molecule has 2 heteroatoms. The van der Waals surface area contributed by atoms with Crippen LogP contribution >= 0.6 is 0 Å². The summed E-state index contributed by atoms with van der Waals surface area (Å²) in [6, 6.07) is 0.761. The zero-order chi connectivity index (χ0) is 8.93. The minimum Gasteiger partial charge on any atom is -0.314 e. The summed E-state index contributed by atoms with van der Waals surface area (Å²) in [7, 11) is 0. The van der Waals surface area contributed by atoms with Gasteiger partial charge in [0.15, 0.2) is 0 Å². The Kier molecular flexibility index (Phi) is 3.62. The number of rotatable bonds is 2. The molecule has 0 spiro atoms. The van der Waals surface area contributed by atoms with Gasteiger partial charge >= 0.3 is 0 Å². The van der Waals surface area contributed by atoms with Crippen molar-refractivity contribution in [2.75, 3.05) is 19.6 Å². The SMILES string of the molecule is C1CCC(C[C@@H]2CNCCN2)CC1. The quantitative estimate of drug-likeness (QED) is 0.676. The second-order valence-corrected chi connectivity index (χ2v) is 4.59. The molecule has 0 radical (unpaired) electrons. The monoisotopic (exact) mass is 182 g/mol. The van der Waals surface area contributed by atoms with E-state index in [1.807, 2.05) is 0 Å². The fourth-order valence-corrected chi connectivity index (χ4v) is 2.71. The Labute approximate surface area is 81.5 Å². The average Bonchev–Trinajstić information content (AvgIpc) is 2.21. The van der Waals surface area contributed by atoms with Crippen molar-refractivity contribution in [3.63, 3.8) is 0 Å². The lowest BCUT2D eigenvalue weighted by atomic mass is 9.84. The van der Waals surface area contributed by atoms with E-state index in [2.05, 4.69) is 10.6 Å². The van der Waals surface area contributed by atoms with E-state index in [1.165, 1.54) is 45.1 Å². The Morgan fingerprint density at radius 3 is 2.54 bits per heavy atom.